The van der Waals surface area contributed by atoms with Gasteiger partial charge < -0.3 is 9.88 Å². The molecule has 3 rings (SSSR count). The zero-order valence-electron chi connectivity index (χ0n) is 16.1. The van der Waals surface area contributed by atoms with Crippen LogP contribution in [-0.2, 0) is 23.4 Å². The van der Waals surface area contributed by atoms with E-state index < -0.39 is 0 Å². The number of H-pyrrole nitrogens is 1. The van der Waals surface area contributed by atoms with E-state index in [0.717, 1.165) is 11.1 Å². The van der Waals surface area contributed by atoms with Crippen LogP contribution in [-0.4, -0.2) is 44.8 Å². The molecule has 0 fully saturated rings. The van der Waals surface area contributed by atoms with Gasteiger partial charge in [0, 0.05) is 44.2 Å². The molecular formula is C20H20FN5O2S. The summed E-state index contributed by atoms with van der Waals surface area (Å²) in [6.45, 7) is 0. The molecule has 0 saturated heterocycles. The largest absolute Gasteiger partial charge is 0.348 e. The average Bonchev–Trinajstić information content (AvgIpc) is 2.70. The van der Waals surface area contributed by atoms with Gasteiger partial charge in [-0.25, -0.2) is 19.3 Å². The summed E-state index contributed by atoms with van der Waals surface area (Å²) >= 11 is 1.32. The summed E-state index contributed by atoms with van der Waals surface area (Å²) in [6, 6.07) is 6.14. The number of nitrogens with zero attached hydrogens (tertiary/aromatic N) is 4. The number of aromatic nitrogens is 4. The summed E-state index contributed by atoms with van der Waals surface area (Å²) in [5.41, 5.74) is 2.20. The number of amides is 1. The summed E-state index contributed by atoms with van der Waals surface area (Å²) in [4.78, 5) is 41.7. The molecule has 2 heterocycles. The number of likely N-dealkylation sites (N-methyl/N-ethyl adjacent to an activating group) is 1. The lowest BCUT2D eigenvalue weighted by Gasteiger charge is -2.13. The van der Waals surface area contributed by atoms with Gasteiger partial charge in [-0.3, -0.25) is 9.59 Å². The number of carbonyl (C=O) groups is 1. The van der Waals surface area contributed by atoms with Gasteiger partial charge in [-0.15, -0.1) is 0 Å². The average molecular weight is 413 g/mol. The minimum absolute atomic E-state index is 0.0179. The first-order valence-electron chi connectivity index (χ1n) is 8.85. The predicted molar refractivity (Wildman–Crippen MR) is 108 cm³/mol. The molecule has 0 atom stereocenters. The van der Waals surface area contributed by atoms with Crippen LogP contribution in [0.25, 0.3) is 0 Å². The van der Waals surface area contributed by atoms with Crippen LogP contribution in [0.3, 0.4) is 0 Å². The van der Waals surface area contributed by atoms with Gasteiger partial charge in [-0.1, -0.05) is 23.9 Å². The molecule has 1 N–H and O–H groups in total. The Morgan fingerprint density at radius 3 is 2.48 bits per heavy atom. The molecular weight excluding hydrogens is 393 g/mol. The zero-order chi connectivity index (χ0) is 20.8. The van der Waals surface area contributed by atoms with Crippen molar-refractivity contribution in [2.45, 2.75) is 23.8 Å². The molecule has 150 valence electrons. The van der Waals surface area contributed by atoms with E-state index in [1.807, 2.05) is 0 Å². The molecule has 3 aromatic rings. The molecule has 7 nitrogen and oxygen atoms in total. The second kappa shape index (κ2) is 9.42. The maximum Gasteiger partial charge on any atom is 0.255 e. The molecule has 0 radical (unpaired) electrons. The summed E-state index contributed by atoms with van der Waals surface area (Å²) < 4.78 is 13.1. The topological polar surface area (TPSA) is 91.8 Å². The minimum Gasteiger partial charge on any atom is -0.348 e. The fraction of sp³-hybridized carbons (Fsp3) is 0.250. The molecule has 0 spiro atoms. The van der Waals surface area contributed by atoms with Crippen LogP contribution < -0.4 is 5.56 Å². The second-order valence-electron chi connectivity index (χ2n) is 6.60. The van der Waals surface area contributed by atoms with Crippen molar-refractivity contribution in [2.24, 2.45) is 0 Å². The van der Waals surface area contributed by atoms with Gasteiger partial charge in [0.25, 0.3) is 5.56 Å². The van der Waals surface area contributed by atoms with Gasteiger partial charge >= 0.3 is 0 Å². The summed E-state index contributed by atoms with van der Waals surface area (Å²) in [6.07, 6.45) is 4.96. The van der Waals surface area contributed by atoms with Crippen molar-refractivity contribution in [2.75, 3.05) is 14.1 Å². The molecule has 0 saturated carbocycles. The highest BCUT2D eigenvalue weighted by molar-refractivity contribution is 7.98. The Bertz CT molecular complexity index is 1040. The highest BCUT2D eigenvalue weighted by Crippen LogP contribution is 2.20. The molecule has 29 heavy (non-hydrogen) atoms. The van der Waals surface area contributed by atoms with Gasteiger partial charge in [0.2, 0.25) is 5.91 Å². The van der Waals surface area contributed by atoms with Crippen molar-refractivity contribution in [1.82, 2.24) is 24.8 Å². The maximum absolute atomic E-state index is 13.1. The Labute approximate surface area is 171 Å². The summed E-state index contributed by atoms with van der Waals surface area (Å²) in [5.74, 6) is 0.0584. The van der Waals surface area contributed by atoms with Crippen LogP contribution >= 0.6 is 11.8 Å². The van der Waals surface area contributed by atoms with E-state index in [1.165, 1.54) is 35.1 Å². The Morgan fingerprint density at radius 1 is 1.14 bits per heavy atom. The zero-order valence-corrected chi connectivity index (χ0v) is 16.9. The van der Waals surface area contributed by atoms with Crippen LogP contribution in [0.2, 0.25) is 0 Å². The van der Waals surface area contributed by atoms with Crippen LogP contribution in [0.5, 0.6) is 0 Å². The van der Waals surface area contributed by atoms with Gasteiger partial charge in [0.05, 0.1) is 12.1 Å². The van der Waals surface area contributed by atoms with Crippen molar-refractivity contribution in [1.29, 1.82) is 0 Å². The third-order valence-corrected chi connectivity index (χ3v) is 5.13. The monoisotopic (exact) mass is 413 g/mol. The van der Waals surface area contributed by atoms with E-state index in [-0.39, 0.29) is 30.1 Å². The highest BCUT2D eigenvalue weighted by Gasteiger charge is 2.17. The number of carbonyl (C=O) groups excluding carboxylic acids is 1. The molecule has 0 unspecified atom stereocenters. The molecule has 0 aliphatic rings. The first-order valence-corrected chi connectivity index (χ1v) is 9.84. The molecule has 0 bridgehead atoms. The molecule has 2 aromatic heterocycles. The lowest BCUT2D eigenvalue weighted by atomic mass is 10.1. The number of rotatable bonds is 7. The third kappa shape index (κ3) is 5.71. The number of halogens is 1. The van der Waals surface area contributed by atoms with Crippen LogP contribution in [0.1, 0.15) is 22.4 Å². The number of thioether (sulfide) groups is 1. The maximum atomic E-state index is 13.1. The first-order chi connectivity index (χ1) is 13.9. The number of aromatic amines is 1. The van der Waals surface area contributed by atoms with Crippen LogP contribution in [0.4, 0.5) is 4.39 Å². The second-order valence-corrected chi connectivity index (χ2v) is 7.56. The smallest absolute Gasteiger partial charge is 0.255 e. The van der Waals surface area contributed by atoms with E-state index in [9.17, 15) is 14.0 Å². The molecule has 9 heteroatoms. The standard InChI is InChI=1S/C20H20FN5O2S/c1-26(2)18(27)8-17-16(7-14-9-22-12-23-10-14)19(28)25-20(24-17)29-11-13-3-5-15(21)6-4-13/h3-6,9-10,12H,7-8,11H2,1-2H3,(H,24,25,28). The Hall–Kier alpha value is -3.07. The Kier molecular flexibility index (Phi) is 6.71. The van der Waals surface area contributed by atoms with Crippen molar-refractivity contribution in [3.05, 3.63) is 81.5 Å². The summed E-state index contributed by atoms with van der Waals surface area (Å²) in [5, 5.41) is 0.411. The molecule has 1 aromatic carbocycles. The Balaban J connectivity index is 1.88. The van der Waals surface area contributed by atoms with Crippen LogP contribution in [0.15, 0.2) is 52.9 Å². The lowest BCUT2D eigenvalue weighted by Crippen LogP contribution is -2.27. The quantitative estimate of drug-likeness (QED) is 0.472. The SMILES string of the molecule is CN(C)C(=O)Cc1nc(SCc2ccc(F)cc2)[nH]c(=O)c1Cc1cncnc1. The number of nitrogens with one attached hydrogen (secondary N) is 1. The van der Waals surface area contributed by atoms with Crippen LogP contribution in [0, 0.1) is 5.82 Å². The van der Waals surface area contributed by atoms with Crippen molar-refractivity contribution >= 4 is 17.7 Å². The van der Waals surface area contributed by atoms with E-state index in [0.29, 0.717) is 22.2 Å². The molecule has 0 aliphatic carbocycles. The van der Waals surface area contributed by atoms with E-state index in [4.69, 9.17) is 0 Å². The van der Waals surface area contributed by atoms with E-state index in [2.05, 4.69) is 19.9 Å². The first kappa shape index (κ1) is 20.7. The fourth-order valence-corrected chi connectivity index (χ4v) is 3.41. The summed E-state index contributed by atoms with van der Waals surface area (Å²) in [7, 11) is 3.31. The lowest BCUT2D eigenvalue weighted by molar-refractivity contribution is -0.128. The van der Waals surface area contributed by atoms with Gasteiger partial charge in [-0.2, -0.15) is 0 Å². The van der Waals surface area contributed by atoms with Gasteiger partial charge in [0.1, 0.15) is 12.1 Å². The van der Waals surface area contributed by atoms with E-state index in [1.54, 1.807) is 38.6 Å². The number of benzene rings is 1. The van der Waals surface area contributed by atoms with Crippen molar-refractivity contribution < 1.29 is 9.18 Å². The minimum atomic E-state index is -0.302. The number of hydrogen-bond donors (Lipinski definition) is 1. The number of hydrogen-bond acceptors (Lipinski definition) is 6. The van der Waals surface area contributed by atoms with Crippen molar-refractivity contribution in [3.8, 4) is 0 Å². The Morgan fingerprint density at radius 2 is 1.83 bits per heavy atom. The molecule has 0 aliphatic heterocycles. The van der Waals surface area contributed by atoms with Gasteiger partial charge in [0.15, 0.2) is 5.16 Å². The fourth-order valence-electron chi connectivity index (χ4n) is 2.58. The van der Waals surface area contributed by atoms with Crippen molar-refractivity contribution in [3.63, 3.8) is 0 Å². The normalized spacial score (nSPS) is 10.7. The molecule has 1 amide bonds. The van der Waals surface area contributed by atoms with E-state index >= 15 is 0 Å². The predicted octanol–water partition coefficient (Wildman–Crippen LogP) is 2.21. The highest BCUT2D eigenvalue weighted by atomic mass is 32.2. The van der Waals surface area contributed by atoms with Gasteiger partial charge in [-0.05, 0) is 23.3 Å². The third-order valence-electron chi connectivity index (χ3n) is 4.18.